The number of rotatable bonds is 9. The molecule has 1 amide bonds. The molecular weight excluding hydrogens is 654 g/mol. The lowest BCUT2D eigenvalue weighted by Gasteiger charge is -2.72. The zero-order chi connectivity index (χ0) is 38.2. The molecule has 0 saturated heterocycles. The number of aliphatic hydroxyl groups excluding tert-OH is 1. The lowest BCUT2D eigenvalue weighted by molar-refractivity contribution is -0.235. The first-order chi connectivity index (χ1) is 24.2. The normalized spacial score (nSPS) is 37.3. The number of nitrogens with one attached hydrogen (secondary N) is 1. The second-order valence-electron chi connectivity index (χ2n) is 19.6. The molecule has 5 aliphatic carbocycles. The quantitative estimate of drug-likeness (QED) is 0.220. The summed E-state index contributed by atoms with van der Waals surface area (Å²) in [6.07, 6.45) is 6.44. The summed E-state index contributed by atoms with van der Waals surface area (Å²) in [5, 5.41) is 24.7. The summed E-state index contributed by atoms with van der Waals surface area (Å²) in [6.45, 7) is 19.5. The number of aliphatic carboxylic acids is 1. The zero-order valence-electron chi connectivity index (χ0n) is 33.1. The Morgan fingerprint density at radius 3 is 2.21 bits per heavy atom. The Labute approximate surface area is 310 Å². The Morgan fingerprint density at radius 2 is 1.58 bits per heavy atom. The maximum atomic E-state index is 14.0. The van der Waals surface area contributed by atoms with Gasteiger partial charge in [0, 0.05) is 29.4 Å². The second-order valence-corrected chi connectivity index (χ2v) is 19.6. The molecule has 0 heterocycles. The van der Waals surface area contributed by atoms with E-state index in [0.717, 1.165) is 56.9 Å². The van der Waals surface area contributed by atoms with Crippen LogP contribution in [0.2, 0.25) is 0 Å². The molecule has 1 aromatic rings. The van der Waals surface area contributed by atoms with Gasteiger partial charge in [-0.05, 0) is 123 Å². The number of ether oxygens (including phenoxy) is 1. The number of carbonyl (C=O) groups is 4. The van der Waals surface area contributed by atoms with Gasteiger partial charge in [-0.15, -0.1) is 0 Å². The van der Waals surface area contributed by atoms with E-state index in [9.17, 15) is 29.4 Å². The Hall–Kier alpha value is -3.00. The SMILES string of the molecule is CC(C)C1=C2C3CCC4C5(C)CCC(OC(=O)CC(C)(C)C(=O)O)C(C)(C)C5CCC4(C)C3(C)CCC2(C(O)CNC(=O)c2ccccc2)CC1=O. The minimum Gasteiger partial charge on any atom is -0.481 e. The van der Waals surface area contributed by atoms with Gasteiger partial charge in [-0.25, -0.2) is 0 Å². The average molecular weight is 718 g/mol. The minimum atomic E-state index is -1.18. The van der Waals surface area contributed by atoms with Crippen LogP contribution in [0.4, 0.5) is 0 Å². The number of hydrogen-bond donors (Lipinski definition) is 3. The molecule has 9 unspecified atom stereocenters. The van der Waals surface area contributed by atoms with Gasteiger partial charge in [0.25, 0.3) is 5.91 Å². The zero-order valence-corrected chi connectivity index (χ0v) is 33.1. The van der Waals surface area contributed by atoms with Crippen molar-refractivity contribution in [3.8, 4) is 0 Å². The molecule has 52 heavy (non-hydrogen) atoms. The summed E-state index contributed by atoms with van der Waals surface area (Å²) in [5.74, 6) is -0.477. The van der Waals surface area contributed by atoms with Gasteiger partial charge in [-0.3, -0.25) is 19.2 Å². The van der Waals surface area contributed by atoms with Gasteiger partial charge >= 0.3 is 11.9 Å². The van der Waals surface area contributed by atoms with Crippen LogP contribution in [-0.4, -0.2) is 52.6 Å². The number of Topliss-reactive ketones (excluding diaryl/α,β-unsaturated/α-hetero) is 1. The molecule has 0 aliphatic heterocycles. The first-order valence-electron chi connectivity index (χ1n) is 19.9. The van der Waals surface area contributed by atoms with Crippen LogP contribution in [0.15, 0.2) is 41.5 Å². The molecule has 3 N–H and O–H groups in total. The van der Waals surface area contributed by atoms with Crippen molar-refractivity contribution in [2.24, 2.45) is 56.2 Å². The fraction of sp³-hybridized carbons (Fsp3) is 0.727. The summed E-state index contributed by atoms with van der Waals surface area (Å²) in [6, 6.07) is 9.07. The number of amides is 1. The van der Waals surface area contributed by atoms with Gasteiger partial charge < -0.3 is 20.3 Å². The van der Waals surface area contributed by atoms with Gasteiger partial charge in [-0.1, -0.05) is 72.2 Å². The maximum Gasteiger partial charge on any atom is 0.309 e. The van der Waals surface area contributed by atoms with Crippen LogP contribution < -0.4 is 5.32 Å². The van der Waals surface area contributed by atoms with E-state index in [4.69, 9.17) is 4.74 Å². The highest BCUT2D eigenvalue weighted by Gasteiger charge is 2.70. The van der Waals surface area contributed by atoms with Crippen molar-refractivity contribution in [1.29, 1.82) is 0 Å². The van der Waals surface area contributed by atoms with E-state index in [1.54, 1.807) is 26.0 Å². The molecule has 0 radical (unpaired) electrons. The number of allylic oxidation sites excluding steroid dienone is 1. The van der Waals surface area contributed by atoms with E-state index in [-0.39, 0.29) is 64.3 Å². The maximum absolute atomic E-state index is 14.0. The lowest BCUT2D eigenvalue weighted by Crippen LogP contribution is -2.66. The molecule has 9 atom stereocenters. The van der Waals surface area contributed by atoms with Crippen molar-refractivity contribution in [1.82, 2.24) is 5.32 Å². The van der Waals surface area contributed by atoms with Gasteiger partial charge in [-0.2, -0.15) is 0 Å². The molecule has 5 aliphatic rings. The lowest BCUT2D eigenvalue weighted by atomic mass is 9.33. The summed E-state index contributed by atoms with van der Waals surface area (Å²) in [5.41, 5.74) is 0.508. The van der Waals surface area contributed by atoms with E-state index < -0.39 is 28.9 Å². The van der Waals surface area contributed by atoms with Crippen LogP contribution in [0.5, 0.6) is 0 Å². The van der Waals surface area contributed by atoms with Gasteiger partial charge in [0.15, 0.2) is 5.78 Å². The second kappa shape index (κ2) is 13.1. The van der Waals surface area contributed by atoms with E-state index in [2.05, 4.69) is 53.8 Å². The number of carbonyl (C=O) groups excluding carboxylic acids is 3. The largest absolute Gasteiger partial charge is 0.481 e. The highest BCUT2D eigenvalue weighted by atomic mass is 16.5. The number of fused-ring (bicyclic) bond motifs is 7. The molecular formula is C44H63NO7. The Kier molecular flexibility index (Phi) is 9.75. The van der Waals surface area contributed by atoms with Crippen LogP contribution in [0.3, 0.4) is 0 Å². The average Bonchev–Trinajstić information content (AvgIpc) is 3.38. The summed E-state index contributed by atoms with van der Waals surface area (Å²) in [4.78, 5) is 51.8. The van der Waals surface area contributed by atoms with E-state index in [1.807, 2.05) is 18.2 Å². The first kappa shape index (κ1) is 38.7. The minimum absolute atomic E-state index is 0.00559. The Bertz CT molecular complexity index is 1640. The molecule has 0 bridgehead atoms. The number of hydrogen-bond acceptors (Lipinski definition) is 6. The molecule has 0 spiro atoms. The topological polar surface area (TPSA) is 130 Å². The third-order valence-electron chi connectivity index (χ3n) is 16.0. The van der Waals surface area contributed by atoms with Gasteiger partial charge in [0.05, 0.1) is 17.9 Å². The number of ketones is 1. The van der Waals surface area contributed by atoms with Crippen LogP contribution >= 0.6 is 0 Å². The molecule has 8 nitrogen and oxygen atoms in total. The van der Waals surface area contributed by atoms with E-state index in [0.29, 0.717) is 23.8 Å². The standard InChI is InChI=1S/C44H63NO7/c1-26(2)35-29(46)23-44(32(47)25-45-37(49)27-13-11-10-12-14-27)22-21-42(8)28(36(35)44)15-16-31-41(7)19-18-33(52-34(48)24-39(3,4)38(50)51)40(5,6)30(41)17-20-43(31,42)9/h10-14,26,28,30-33,47H,15-25H2,1-9H3,(H,45,49)(H,50,51). The third kappa shape index (κ3) is 5.80. The number of carboxylic acid groups (broad SMARTS) is 1. The van der Waals surface area contributed by atoms with Crippen LogP contribution in [-0.2, 0) is 19.1 Å². The van der Waals surface area contributed by atoms with Crippen molar-refractivity contribution in [3.63, 3.8) is 0 Å². The third-order valence-corrected chi connectivity index (χ3v) is 16.0. The summed E-state index contributed by atoms with van der Waals surface area (Å²) < 4.78 is 6.15. The molecule has 4 saturated carbocycles. The van der Waals surface area contributed by atoms with Gasteiger partial charge in [0.1, 0.15) is 6.10 Å². The van der Waals surface area contributed by atoms with Gasteiger partial charge in [0.2, 0.25) is 0 Å². The van der Waals surface area contributed by atoms with E-state index in [1.165, 1.54) is 5.57 Å². The van der Waals surface area contributed by atoms with Crippen LogP contribution in [0.1, 0.15) is 137 Å². The summed E-state index contributed by atoms with van der Waals surface area (Å²) in [7, 11) is 0. The molecule has 8 heteroatoms. The monoisotopic (exact) mass is 717 g/mol. The molecule has 6 rings (SSSR count). The number of carboxylic acids is 1. The fourth-order valence-corrected chi connectivity index (χ4v) is 13.0. The number of esters is 1. The Morgan fingerprint density at radius 1 is 0.904 bits per heavy atom. The number of benzene rings is 1. The van der Waals surface area contributed by atoms with Crippen molar-refractivity contribution in [2.75, 3.05) is 6.54 Å². The first-order valence-corrected chi connectivity index (χ1v) is 19.9. The Balaban J connectivity index is 1.27. The highest BCUT2D eigenvalue weighted by molar-refractivity contribution is 6.01. The van der Waals surface area contributed by atoms with Crippen LogP contribution in [0.25, 0.3) is 0 Å². The summed E-state index contributed by atoms with van der Waals surface area (Å²) >= 11 is 0. The van der Waals surface area contributed by atoms with Crippen LogP contribution in [0, 0.1) is 56.2 Å². The number of aliphatic hydroxyl groups is 1. The molecule has 286 valence electrons. The smallest absolute Gasteiger partial charge is 0.309 e. The molecule has 1 aromatic carbocycles. The molecule has 4 fully saturated rings. The van der Waals surface area contributed by atoms with E-state index >= 15 is 0 Å². The van der Waals surface area contributed by atoms with Crippen molar-refractivity contribution < 1.29 is 34.1 Å². The van der Waals surface area contributed by atoms with Crippen molar-refractivity contribution >= 4 is 23.6 Å². The fourth-order valence-electron chi connectivity index (χ4n) is 13.0. The van der Waals surface area contributed by atoms with Crippen molar-refractivity contribution in [2.45, 2.75) is 139 Å². The van der Waals surface area contributed by atoms with Crippen molar-refractivity contribution in [3.05, 3.63) is 47.0 Å². The predicted molar refractivity (Wildman–Crippen MR) is 200 cm³/mol. The predicted octanol–water partition coefficient (Wildman–Crippen LogP) is 8.17. The highest BCUT2D eigenvalue weighted by Crippen LogP contribution is 2.77. The molecule has 0 aromatic heterocycles.